The van der Waals surface area contributed by atoms with Gasteiger partial charge in [-0.1, -0.05) is 54.5 Å². The molecular formula is C35H47F4NO5Si. The number of carbonyl (C=O) groups excluding carboxylic acids is 1. The zero-order chi connectivity index (χ0) is 34.2. The van der Waals surface area contributed by atoms with Crippen LogP contribution < -0.4 is 0 Å². The van der Waals surface area contributed by atoms with E-state index in [1.807, 2.05) is 13.8 Å². The Labute approximate surface area is 270 Å². The first-order valence-electron chi connectivity index (χ1n) is 16.1. The van der Waals surface area contributed by atoms with Crippen LogP contribution in [0, 0.1) is 11.2 Å². The van der Waals surface area contributed by atoms with Crippen LogP contribution in [-0.4, -0.2) is 32.5 Å². The lowest BCUT2D eigenvalue weighted by Crippen LogP contribution is -2.46. The number of ether oxygens (including phenoxy) is 3. The summed E-state index contributed by atoms with van der Waals surface area (Å²) in [4.78, 5) is 17.8. The Morgan fingerprint density at radius 1 is 1.09 bits per heavy atom. The Kier molecular flexibility index (Phi) is 8.87. The molecule has 1 aromatic heterocycles. The van der Waals surface area contributed by atoms with Crippen LogP contribution in [0.25, 0.3) is 0 Å². The van der Waals surface area contributed by atoms with Crippen LogP contribution in [0.3, 0.4) is 0 Å². The lowest BCUT2D eigenvalue weighted by molar-refractivity contribution is -0.156. The fourth-order valence-electron chi connectivity index (χ4n) is 7.02. The zero-order valence-electron chi connectivity index (χ0n) is 28.6. The molecule has 5 rings (SSSR count). The SMILES string of the molecule is CC(=O)OC1c2nc(C(C)C)c3c(c2C(O[Si](C)(C)C(C)(C)C)CC1(C)C)C1(CCOCC1)OC3c1ccc(C(F)(F)F)c(F)c1. The molecule has 0 saturated carbocycles. The van der Waals surface area contributed by atoms with E-state index < -0.39 is 61.2 Å². The second kappa shape index (κ2) is 11.7. The average molecular weight is 666 g/mol. The molecule has 254 valence electrons. The molecule has 0 bridgehead atoms. The average Bonchev–Trinajstić information content (AvgIpc) is 3.22. The molecule has 1 fully saturated rings. The third-order valence-corrected chi connectivity index (χ3v) is 14.8. The van der Waals surface area contributed by atoms with Crippen molar-refractivity contribution in [3.8, 4) is 0 Å². The van der Waals surface area contributed by atoms with Gasteiger partial charge in [0.1, 0.15) is 18.0 Å². The van der Waals surface area contributed by atoms with Gasteiger partial charge < -0.3 is 18.6 Å². The van der Waals surface area contributed by atoms with Crippen molar-refractivity contribution in [3.63, 3.8) is 0 Å². The molecule has 1 aromatic carbocycles. The number of benzene rings is 1. The summed E-state index contributed by atoms with van der Waals surface area (Å²) in [5, 5.41) is -0.105. The number of hydrogen-bond acceptors (Lipinski definition) is 6. The summed E-state index contributed by atoms with van der Waals surface area (Å²) < 4.78 is 81.8. The van der Waals surface area contributed by atoms with Crippen molar-refractivity contribution in [2.75, 3.05) is 13.2 Å². The molecule has 2 aliphatic heterocycles. The van der Waals surface area contributed by atoms with Gasteiger partial charge in [0.15, 0.2) is 8.32 Å². The smallest absolute Gasteiger partial charge is 0.419 e. The predicted molar refractivity (Wildman–Crippen MR) is 168 cm³/mol. The lowest BCUT2D eigenvalue weighted by atomic mass is 9.68. The minimum absolute atomic E-state index is 0.105. The maximum absolute atomic E-state index is 15.1. The highest BCUT2D eigenvalue weighted by molar-refractivity contribution is 6.74. The molecule has 0 radical (unpaired) electrons. The van der Waals surface area contributed by atoms with Crippen LogP contribution in [0.15, 0.2) is 18.2 Å². The molecule has 1 spiro atoms. The summed E-state index contributed by atoms with van der Waals surface area (Å²) in [6, 6.07) is 3.02. The van der Waals surface area contributed by atoms with Gasteiger partial charge in [0.05, 0.1) is 23.0 Å². The number of aromatic nitrogens is 1. The number of fused-ring (bicyclic) bond motifs is 4. The van der Waals surface area contributed by atoms with Gasteiger partial charge in [-0.2, -0.15) is 13.2 Å². The van der Waals surface area contributed by atoms with Crippen LogP contribution in [0.1, 0.15) is 138 Å². The molecule has 0 N–H and O–H groups in total. The lowest BCUT2D eigenvalue weighted by Gasteiger charge is -2.48. The summed E-state index contributed by atoms with van der Waals surface area (Å²) in [5.41, 5.74) is 1.31. The van der Waals surface area contributed by atoms with Gasteiger partial charge in [-0.25, -0.2) is 4.39 Å². The van der Waals surface area contributed by atoms with Crippen molar-refractivity contribution < 1.29 is 41.0 Å². The fraction of sp³-hybridized carbons (Fsp3) is 0.657. The Morgan fingerprint density at radius 3 is 2.24 bits per heavy atom. The number of carbonyl (C=O) groups is 1. The van der Waals surface area contributed by atoms with Gasteiger partial charge in [-0.05, 0) is 53.7 Å². The number of alkyl halides is 3. The first-order chi connectivity index (χ1) is 21.1. The van der Waals surface area contributed by atoms with E-state index >= 15 is 4.39 Å². The van der Waals surface area contributed by atoms with E-state index in [1.54, 1.807) is 0 Å². The van der Waals surface area contributed by atoms with Crippen molar-refractivity contribution >= 4 is 14.3 Å². The molecule has 3 atom stereocenters. The van der Waals surface area contributed by atoms with Crippen molar-refractivity contribution in [1.82, 2.24) is 4.98 Å². The van der Waals surface area contributed by atoms with E-state index in [0.717, 1.165) is 28.8 Å². The number of pyridine rings is 1. The number of halogens is 4. The molecule has 0 amide bonds. The van der Waals surface area contributed by atoms with E-state index in [2.05, 4.69) is 47.7 Å². The summed E-state index contributed by atoms with van der Waals surface area (Å²) in [6.45, 7) is 21.2. The van der Waals surface area contributed by atoms with Gasteiger partial charge in [-0.3, -0.25) is 9.78 Å². The molecule has 3 unspecified atom stereocenters. The first kappa shape index (κ1) is 35.0. The van der Waals surface area contributed by atoms with Crippen LogP contribution in [0.2, 0.25) is 18.1 Å². The molecule has 1 aliphatic carbocycles. The summed E-state index contributed by atoms with van der Waals surface area (Å²) in [7, 11) is -2.38. The highest BCUT2D eigenvalue weighted by Gasteiger charge is 2.56. The minimum atomic E-state index is -4.82. The van der Waals surface area contributed by atoms with E-state index in [-0.39, 0.29) is 16.5 Å². The number of nitrogens with zero attached hydrogens (tertiary/aromatic N) is 1. The number of hydrogen-bond donors (Lipinski definition) is 0. The monoisotopic (exact) mass is 665 g/mol. The summed E-state index contributed by atoms with van der Waals surface area (Å²) >= 11 is 0. The van der Waals surface area contributed by atoms with Crippen molar-refractivity contribution in [2.45, 2.75) is 129 Å². The van der Waals surface area contributed by atoms with E-state index in [4.69, 9.17) is 23.6 Å². The highest BCUT2D eigenvalue weighted by atomic mass is 28.4. The minimum Gasteiger partial charge on any atom is -0.455 e. The third kappa shape index (κ3) is 6.05. The van der Waals surface area contributed by atoms with Crippen molar-refractivity contribution in [2.24, 2.45) is 5.41 Å². The standard InChI is InChI=1S/C35H47F4NO5Si/c1-19(2)28-26-27(34(13-15-42-16-14-34)44-30(26)21-11-12-22(23(36)17-21)35(37,38)39)25-24(45-46(9,10)32(4,5)6)18-33(7,8)31(29(25)40-28)43-20(3)41/h11-12,17,19,24,30-31H,13-16,18H2,1-10H3. The van der Waals surface area contributed by atoms with Gasteiger partial charge in [0.2, 0.25) is 0 Å². The predicted octanol–water partition coefficient (Wildman–Crippen LogP) is 9.59. The molecule has 2 aromatic rings. The summed E-state index contributed by atoms with van der Waals surface area (Å²) in [5.74, 6) is -1.91. The zero-order valence-corrected chi connectivity index (χ0v) is 29.6. The van der Waals surface area contributed by atoms with Crippen molar-refractivity contribution in [3.05, 3.63) is 63.2 Å². The first-order valence-corrected chi connectivity index (χ1v) is 19.1. The summed E-state index contributed by atoms with van der Waals surface area (Å²) in [6.07, 6.45) is -5.24. The van der Waals surface area contributed by atoms with Gasteiger partial charge >= 0.3 is 12.1 Å². The Morgan fingerprint density at radius 2 is 1.72 bits per heavy atom. The van der Waals surface area contributed by atoms with Gasteiger partial charge in [-0.15, -0.1) is 0 Å². The van der Waals surface area contributed by atoms with Crippen molar-refractivity contribution in [1.29, 1.82) is 0 Å². The van der Waals surface area contributed by atoms with Crippen LogP contribution in [0.5, 0.6) is 0 Å². The van der Waals surface area contributed by atoms with Crippen LogP contribution in [-0.2, 0) is 35.2 Å². The molecular weight excluding hydrogens is 618 g/mol. The third-order valence-electron chi connectivity index (χ3n) is 10.4. The molecule has 3 heterocycles. The molecule has 1 saturated heterocycles. The maximum atomic E-state index is 15.1. The second-order valence-corrected chi connectivity index (χ2v) is 20.4. The fourth-order valence-corrected chi connectivity index (χ4v) is 8.28. The molecule has 3 aliphatic rings. The van der Waals surface area contributed by atoms with E-state index in [1.165, 1.54) is 13.0 Å². The normalized spacial score (nSPS) is 24.2. The molecule has 6 nitrogen and oxygen atoms in total. The molecule has 11 heteroatoms. The van der Waals surface area contributed by atoms with Crippen LogP contribution in [0.4, 0.5) is 17.6 Å². The Balaban J connectivity index is 1.85. The molecule has 46 heavy (non-hydrogen) atoms. The number of rotatable bonds is 5. The topological polar surface area (TPSA) is 66.9 Å². The quantitative estimate of drug-likeness (QED) is 0.180. The second-order valence-electron chi connectivity index (χ2n) is 15.6. The highest BCUT2D eigenvalue weighted by Crippen LogP contribution is 2.61. The number of esters is 1. The maximum Gasteiger partial charge on any atom is 0.419 e. The largest absolute Gasteiger partial charge is 0.455 e. The van der Waals surface area contributed by atoms with E-state index in [0.29, 0.717) is 43.9 Å². The Bertz CT molecular complexity index is 1510. The van der Waals surface area contributed by atoms with Crippen LogP contribution >= 0.6 is 0 Å². The van der Waals surface area contributed by atoms with Gasteiger partial charge in [0, 0.05) is 55.2 Å². The Hall–Kier alpha value is -2.34. The van der Waals surface area contributed by atoms with Gasteiger partial charge in [0.25, 0.3) is 0 Å². The van der Waals surface area contributed by atoms with E-state index in [9.17, 15) is 18.0 Å².